The summed E-state index contributed by atoms with van der Waals surface area (Å²) < 4.78 is 82.7. The molecule has 3 aromatic rings. The third-order valence-electron chi connectivity index (χ3n) is 4.29. The highest BCUT2D eigenvalue weighted by Crippen LogP contribution is 2.32. The summed E-state index contributed by atoms with van der Waals surface area (Å²) in [6, 6.07) is 10.5. The quantitative estimate of drug-likeness (QED) is 0.160. The van der Waals surface area contributed by atoms with E-state index in [1.807, 2.05) is 0 Å². The van der Waals surface area contributed by atoms with Crippen LogP contribution < -0.4 is 9.64 Å². The molecule has 180 valence electrons. The lowest BCUT2D eigenvalue weighted by Gasteiger charge is -2.18. The topological polar surface area (TPSA) is 55.3 Å². The molecule has 0 atom stereocenters. The third kappa shape index (κ3) is 7.00. The Bertz CT molecular complexity index is 1160. The third-order valence-corrected chi connectivity index (χ3v) is 5.20. The molecule has 5 nitrogen and oxygen atoms in total. The second kappa shape index (κ2) is 10.1. The van der Waals surface area contributed by atoms with Gasteiger partial charge in [-0.1, -0.05) is 11.8 Å². The Morgan fingerprint density at radius 2 is 1.65 bits per heavy atom. The minimum absolute atomic E-state index is 0.0858. The number of halogens is 7. The van der Waals surface area contributed by atoms with Crippen molar-refractivity contribution in [2.45, 2.75) is 16.9 Å². The largest absolute Gasteiger partial charge is 0.487 e. The van der Waals surface area contributed by atoms with Crippen molar-refractivity contribution in [1.29, 1.82) is 0 Å². The molecule has 13 heteroatoms. The van der Waals surface area contributed by atoms with Crippen molar-refractivity contribution in [2.24, 2.45) is 0 Å². The van der Waals surface area contributed by atoms with Crippen LogP contribution in [0.2, 0.25) is 0 Å². The SMILES string of the molecule is CN(C(=O)CSc1nc(-c2ccc(F)cc2)cc(C(F)(F)F)n1)c1ccc(OC(F)(F)Cl)cc1. The van der Waals surface area contributed by atoms with Gasteiger partial charge in [-0.05, 0) is 54.6 Å². The van der Waals surface area contributed by atoms with Crippen molar-refractivity contribution in [1.82, 2.24) is 9.97 Å². The summed E-state index contributed by atoms with van der Waals surface area (Å²) in [6.45, 7) is 0. The van der Waals surface area contributed by atoms with Crippen LogP contribution in [0.3, 0.4) is 0 Å². The van der Waals surface area contributed by atoms with E-state index in [9.17, 15) is 31.1 Å². The highest BCUT2D eigenvalue weighted by Gasteiger charge is 2.34. The first-order valence-electron chi connectivity index (χ1n) is 9.29. The van der Waals surface area contributed by atoms with Crippen LogP contribution >= 0.6 is 23.4 Å². The van der Waals surface area contributed by atoms with Gasteiger partial charge in [-0.2, -0.15) is 13.2 Å². The van der Waals surface area contributed by atoms with E-state index in [4.69, 9.17) is 11.6 Å². The van der Waals surface area contributed by atoms with Crippen molar-refractivity contribution in [2.75, 3.05) is 17.7 Å². The zero-order chi connectivity index (χ0) is 25.1. The fourth-order valence-electron chi connectivity index (χ4n) is 2.64. The summed E-state index contributed by atoms with van der Waals surface area (Å²) >= 11 is 5.37. The van der Waals surface area contributed by atoms with Crippen LogP contribution in [-0.2, 0) is 11.0 Å². The molecule has 0 spiro atoms. The number of ether oxygens (including phenoxy) is 1. The first kappa shape index (κ1) is 25.6. The molecule has 0 saturated heterocycles. The Kier molecular flexibility index (Phi) is 7.61. The molecule has 0 aliphatic heterocycles. The maximum atomic E-state index is 13.3. The van der Waals surface area contributed by atoms with Crippen LogP contribution in [0.15, 0.2) is 59.8 Å². The van der Waals surface area contributed by atoms with Gasteiger partial charge in [0.15, 0.2) is 5.16 Å². The molecule has 2 aromatic carbocycles. The number of hydrogen-bond acceptors (Lipinski definition) is 5. The number of amides is 1. The van der Waals surface area contributed by atoms with Crippen LogP contribution in [0.4, 0.5) is 32.0 Å². The Balaban J connectivity index is 1.75. The van der Waals surface area contributed by atoms with Crippen molar-refractivity contribution in [3.05, 3.63) is 66.1 Å². The zero-order valence-corrected chi connectivity index (χ0v) is 18.7. The number of anilines is 1. The minimum atomic E-state index is -4.77. The second-order valence-electron chi connectivity index (χ2n) is 6.71. The number of carbonyl (C=O) groups is 1. The molecule has 1 heterocycles. The van der Waals surface area contributed by atoms with Crippen LogP contribution in [0.25, 0.3) is 11.3 Å². The lowest BCUT2D eigenvalue weighted by atomic mass is 10.1. The van der Waals surface area contributed by atoms with Gasteiger partial charge in [0.2, 0.25) is 5.91 Å². The molecule has 1 amide bonds. The Hall–Kier alpha value is -2.99. The summed E-state index contributed by atoms with van der Waals surface area (Å²) in [5.74, 6) is -1.64. The molecule has 3 rings (SSSR count). The van der Waals surface area contributed by atoms with E-state index >= 15 is 0 Å². The predicted octanol–water partition coefficient (Wildman–Crippen LogP) is 6.22. The van der Waals surface area contributed by atoms with E-state index in [1.165, 1.54) is 48.3 Å². The summed E-state index contributed by atoms with van der Waals surface area (Å²) in [5, 5.41) is -0.302. The van der Waals surface area contributed by atoms with Crippen molar-refractivity contribution in [3.63, 3.8) is 0 Å². The number of alkyl halides is 6. The summed E-state index contributed by atoms with van der Waals surface area (Å²) in [4.78, 5) is 21.2. The molecular weight excluding hydrogens is 508 g/mol. The van der Waals surface area contributed by atoms with Crippen LogP contribution in [0.1, 0.15) is 5.69 Å². The number of carbonyl (C=O) groups excluding carboxylic acids is 1. The average Bonchev–Trinajstić information content (AvgIpc) is 2.76. The molecule has 0 aliphatic carbocycles. The standard InChI is InChI=1S/C21H14ClF6N3O2S/c1-31(14-6-8-15(9-7-14)33-21(22,27)28)18(32)11-34-19-29-16(10-17(30-19)20(24,25)26)12-2-4-13(23)5-3-12/h2-10H,11H2,1H3. The van der Waals surface area contributed by atoms with Gasteiger partial charge >= 0.3 is 11.7 Å². The van der Waals surface area contributed by atoms with Gasteiger partial charge in [-0.3, -0.25) is 4.79 Å². The molecule has 34 heavy (non-hydrogen) atoms. The molecular formula is C21H14ClF6N3O2S. The minimum Gasteiger partial charge on any atom is -0.420 e. The van der Waals surface area contributed by atoms with Gasteiger partial charge in [0, 0.05) is 29.9 Å². The first-order chi connectivity index (χ1) is 15.8. The number of hydrogen-bond donors (Lipinski definition) is 0. The molecule has 1 aromatic heterocycles. The summed E-state index contributed by atoms with van der Waals surface area (Å²) in [7, 11) is 1.39. The lowest BCUT2D eigenvalue weighted by Crippen LogP contribution is -2.28. The highest BCUT2D eigenvalue weighted by molar-refractivity contribution is 7.99. The second-order valence-corrected chi connectivity index (χ2v) is 8.09. The van der Waals surface area contributed by atoms with Gasteiger partial charge in [0.25, 0.3) is 0 Å². The van der Waals surface area contributed by atoms with Gasteiger partial charge in [0.05, 0.1) is 11.4 Å². The number of nitrogens with zero attached hydrogens (tertiary/aromatic N) is 3. The summed E-state index contributed by atoms with van der Waals surface area (Å²) in [5.41, 5.74) is -4.64. The molecule has 0 aliphatic rings. The van der Waals surface area contributed by atoms with Crippen LogP contribution in [0.5, 0.6) is 5.75 Å². The van der Waals surface area contributed by atoms with Crippen LogP contribution in [0, 0.1) is 5.82 Å². The first-order valence-corrected chi connectivity index (χ1v) is 10.7. The Morgan fingerprint density at radius 1 is 1.03 bits per heavy atom. The smallest absolute Gasteiger partial charge is 0.420 e. The fraction of sp³-hybridized carbons (Fsp3) is 0.190. The molecule has 0 saturated carbocycles. The maximum absolute atomic E-state index is 13.3. The highest BCUT2D eigenvalue weighted by atomic mass is 35.5. The number of aromatic nitrogens is 2. The molecule has 0 unspecified atom stereocenters. The van der Waals surface area contributed by atoms with E-state index in [1.54, 1.807) is 0 Å². The Morgan fingerprint density at radius 3 is 2.21 bits per heavy atom. The monoisotopic (exact) mass is 521 g/mol. The zero-order valence-electron chi connectivity index (χ0n) is 17.1. The van der Waals surface area contributed by atoms with Crippen molar-refractivity contribution in [3.8, 4) is 17.0 Å². The average molecular weight is 522 g/mol. The van der Waals surface area contributed by atoms with E-state index in [2.05, 4.69) is 14.7 Å². The van der Waals surface area contributed by atoms with Crippen LogP contribution in [-0.4, -0.2) is 34.2 Å². The lowest BCUT2D eigenvalue weighted by molar-refractivity contribution is -0.141. The van der Waals surface area contributed by atoms with Gasteiger partial charge in [-0.25, -0.2) is 14.4 Å². The Labute approximate surface area is 198 Å². The fourth-order valence-corrected chi connectivity index (χ4v) is 3.50. The normalized spacial score (nSPS) is 11.9. The van der Waals surface area contributed by atoms with E-state index < -0.39 is 29.2 Å². The molecule has 0 radical (unpaired) electrons. The number of thioether (sulfide) groups is 1. The molecule has 0 fully saturated rings. The van der Waals surface area contributed by atoms with E-state index in [0.717, 1.165) is 18.2 Å². The van der Waals surface area contributed by atoms with Crippen molar-refractivity contribution >= 4 is 35.0 Å². The summed E-state index contributed by atoms with van der Waals surface area (Å²) in [6.07, 6.45) is -4.77. The van der Waals surface area contributed by atoms with Gasteiger partial charge in [-0.15, -0.1) is 8.78 Å². The van der Waals surface area contributed by atoms with Gasteiger partial charge < -0.3 is 9.64 Å². The van der Waals surface area contributed by atoms with E-state index in [0.29, 0.717) is 17.4 Å². The van der Waals surface area contributed by atoms with Gasteiger partial charge in [0.1, 0.15) is 17.3 Å². The number of rotatable bonds is 7. The number of benzene rings is 2. The van der Waals surface area contributed by atoms with Crippen molar-refractivity contribution < 1.29 is 35.9 Å². The molecule has 0 N–H and O–H groups in total. The predicted molar refractivity (Wildman–Crippen MR) is 114 cm³/mol. The maximum Gasteiger partial charge on any atom is 0.487 e. The van der Waals surface area contributed by atoms with E-state index in [-0.39, 0.29) is 27.9 Å². The molecule has 0 bridgehead atoms.